The molecule has 1 aromatic carbocycles. The molecule has 3 aromatic heterocycles. The second kappa shape index (κ2) is 8.17. The van der Waals surface area contributed by atoms with Crippen LogP contribution in [0.5, 0.6) is 0 Å². The Morgan fingerprint density at radius 3 is 2.73 bits per heavy atom. The molecular weight excluding hydrogens is 416 g/mol. The van der Waals surface area contributed by atoms with E-state index in [0.717, 1.165) is 6.20 Å². The number of aliphatic hydroxyl groups is 1. The molecule has 0 unspecified atom stereocenters. The number of benzene rings is 1. The fourth-order valence-corrected chi connectivity index (χ4v) is 3.17. The van der Waals surface area contributed by atoms with Crippen LogP contribution in [0.2, 0.25) is 5.02 Å². The lowest BCUT2D eigenvalue weighted by molar-refractivity contribution is 0.311. The highest BCUT2D eigenvalue weighted by molar-refractivity contribution is 6.32. The Morgan fingerprint density at radius 2 is 1.97 bits per heavy atom. The number of hydrogen-bond acceptors (Lipinski definition) is 7. The first-order valence-electron chi connectivity index (χ1n) is 8.92. The fraction of sp³-hybridized carbons (Fsp3) is 0.158. The van der Waals surface area contributed by atoms with Crippen molar-refractivity contribution in [1.82, 2.24) is 24.7 Å². The molecular formula is C19H16ClF2N7O. The first-order chi connectivity index (χ1) is 14.5. The molecule has 0 saturated carbocycles. The van der Waals surface area contributed by atoms with E-state index in [1.807, 2.05) is 0 Å². The first kappa shape index (κ1) is 19.9. The molecule has 4 aromatic rings. The minimum atomic E-state index is -0.661. The summed E-state index contributed by atoms with van der Waals surface area (Å²) in [5.41, 5.74) is 0.00492. The van der Waals surface area contributed by atoms with Gasteiger partial charge in [-0.15, -0.1) is 0 Å². The molecule has 0 saturated heterocycles. The van der Waals surface area contributed by atoms with E-state index >= 15 is 0 Å². The number of pyridine rings is 1. The molecule has 0 aliphatic carbocycles. The topological polar surface area (TPSA) is 101 Å². The molecule has 0 amide bonds. The van der Waals surface area contributed by atoms with E-state index in [2.05, 4.69) is 30.7 Å². The molecule has 0 bridgehead atoms. The van der Waals surface area contributed by atoms with Crippen molar-refractivity contribution in [1.29, 1.82) is 0 Å². The van der Waals surface area contributed by atoms with Crippen LogP contribution in [0.3, 0.4) is 0 Å². The van der Waals surface area contributed by atoms with Crippen LogP contribution in [0, 0.1) is 18.6 Å². The maximum atomic E-state index is 14.4. The molecule has 30 heavy (non-hydrogen) atoms. The molecule has 0 radical (unpaired) electrons. The minimum Gasteiger partial charge on any atom is -0.395 e. The summed E-state index contributed by atoms with van der Waals surface area (Å²) in [6.07, 6.45) is 2.46. The van der Waals surface area contributed by atoms with Gasteiger partial charge in [-0.2, -0.15) is 5.10 Å². The number of rotatable bonds is 6. The van der Waals surface area contributed by atoms with E-state index in [1.54, 1.807) is 13.0 Å². The van der Waals surface area contributed by atoms with E-state index in [1.165, 1.54) is 29.1 Å². The summed E-state index contributed by atoms with van der Waals surface area (Å²) in [5.74, 6) is 0.408. The predicted molar refractivity (Wildman–Crippen MR) is 109 cm³/mol. The third-order valence-electron chi connectivity index (χ3n) is 4.17. The zero-order valence-corrected chi connectivity index (χ0v) is 16.5. The number of nitrogens with zero attached hydrogens (tertiary/aromatic N) is 5. The van der Waals surface area contributed by atoms with Crippen molar-refractivity contribution >= 4 is 40.0 Å². The number of aliphatic hydroxyl groups excluding tert-OH is 1. The zero-order valence-electron chi connectivity index (χ0n) is 15.7. The summed E-state index contributed by atoms with van der Waals surface area (Å²) in [6, 6.07) is 5.85. The van der Waals surface area contributed by atoms with Crippen molar-refractivity contribution in [2.24, 2.45) is 0 Å². The predicted octanol–water partition coefficient (Wildman–Crippen LogP) is 3.60. The molecule has 0 aliphatic rings. The Labute approximate surface area is 174 Å². The van der Waals surface area contributed by atoms with Gasteiger partial charge in [0.2, 0.25) is 0 Å². The summed E-state index contributed by atoms with van der Waals surface area (Å²) < 4.78 is 29.8. The van der Waals surface area contributed by atoms with Crippen molar-refractivity contribution in [3.63, 3.8) is 0 Å². The third kappa shape index (κ3) is 3.87. The van der Waals surface area contributed by atoms with Crippen LogP contribution >= 0.6 is 11.6 Å². The van der Waals surface area contributed by atoms with Crippen LogP contribution < -0.4 is 10.6 Å². The summed E-state index contributed by atoms with van der Waals surface area (Å²) in [6.45, 7) is 1.98. The largest absolute Gasteiger partial charge is 0.395 e. The normalized spacial score (nSPS) is 11.1. The number of halogens is 3. The smallest absolute Gasteiger partial charge is 0.169 e. The maximum Gasteiger partial charge on any atom is 0.169 e. The number of hydrogen-bond donors (Lipinski definition) is 3. The number of anilines is 3. The fourth-order valence-electron chi connectivity index (χ4n) is 2.93. The lowest BCUT2D eigenvalue weighted by Gasteiger charge is -2.09. The molecule has 3 heterocycles. The van der Waals surface area contributed by atoms with Crippen LogP contribution in [0.25, 0.3) is 16.6 Å². The van der Waals surface area contributed by atoms with Gasteiger partial charge in [-0.25, -0.2) is 28.4 Å². The molecule has 8 nitrogen and oxygen atoms in total. The average molecular weight is 432 g/mol. The van der Waals surface area contributed by atoms with Crippen LogP contribution in [-0.4, -0.2) is 43.0 Å². The molecule has 11 heteroatoms. The number of aryl methyl sites for hydroxylation is 1. The molecule has 0 fully saturated rings. The lowest BCUT2D eigenvalue weighted by Crippen LogP contribution is -2.09. The van der Waals surface area contributed by atoms with Gasteiger partial charge in [0.15, 0.2) is 5.82 Å². The van der Waals surface area contributed by atoms with Gasteiger partial charge in [0.05, 0.1) is 23.2 Å². The van der Waals surface area contributed by atoms with Crippen molar-refractivity contribution in [3.8, 4) is 5.69 Å². The summed E-state index contributed by atoms with van der Waals surface area (Å²) in [4.78, 5) is 12.6. The van der Waals surface area contributed by atoms with E-state index in [9.17, 15) is 8.78 Å². The van der Waals surface area contributed by atoms with Gasteiger partial charge < -0.3 is 15.7 Å². The second-order valence-corrected chi connectivity index (χ2v) is 6.73. The number of nitrogens with one attached hydrogen (secondary N) is 2. The van der Waals surface area contributed by atoms with Crippen molar-refractivity contribution < 1.29 is 13.9 Å². The minimum absolute atomic E-state index is 0.00349. The molecule has 0 atom stereocenters. The highest BCUT2D eigenvalue weighted by Gasteiger charge is 2.17. The van der Waals surface area contributed by atoms with Crippen molar-refractivity contribution in [2.45, 2.75) is 6.92 Å². The van der Waals surface area contributed by atoms with E-state index in [0.29, 0.717) is 29.4 Å². The van der Waals surface area contributed by atoms with Gasteiger partial charge in [-0.1, -0.05) is 17.7 Å². The second-order valence-electron chi connectivity index (χ2n) is 6.32. The summed E-state index contributed by atoms with van der Waals surface area (Å²) in [7, 11) is 0. The van der Waals surface area contributed by atoms with Crippen LogP contribution in [0.4, 0.5) is 26.2 Å². The Bertz CT molecular complexity index is 1210. The Kier molecular flexibility index (Phi) is 5.42. The van der Waals surface area contributed by atoms with Gasteiger partial charge in [0.1, 0.15) is 40.3 Å². The van der Waals surface area contributed by atoms with Gasteiger partial charge in [-0.3, -0.25) is 0 Å². The Morgan fingerprint density at radius 1 is 1.17 bits per heavy atom. The standard InChI is InChI=1S/C19H16ClF2N7O/c1-10-25-15(23-5-6-30)7-16(26-10)27-19-11-9-29(28-17(11)14(22)8-24-19)18-12(20)3-2-4-13(18)21/h2-4,7-9,30H,5-6H2,1H3,(H2,23,24,25,26,27). The Hall–Kier alpha value is -3.37. The first-order valence-corrected chi connectivity index (χ1v) is 9.30. The van der Waals surface area contributed by atoms with E-state index < -0.39 is 11.6 Å². The zero-order chi connectivity index (χ0) is 21.3. The van der Waals surface area contributed by atoms with E-state index in [4.69, 9.17) is 16.7 Å². The molecule has 0 aliphatic heterocycles. The highest BCUT2D eigenvalue weighted by Crippen LogP contribution is 2.29. The van der Waals surface area contributed by atoms with Crippen molar-refractivity contribution in [3.05, 3.63) is 59.1 Å². The number of fused-ring (bicyclic) bond motifs is 1. The van der Waals surface area contributed by atoms with Crippen LogP contribution in [0.15, 0.2) is 36.7 Å². The van der Waals surface area contributed by atoms with Gasteiger partial charge in [-0.05, 0) is 19.1 Å². The summed E-state index contributed by atoms with van der Waals surface area (Å²) in [5, 5.41) is 19.5. The lowest BCUT2D eigenvalue weighted by atomic mass is 10.3. The van der Waals surface area contributed by atoms with Gasteiger partial charge in [0, 0.05) is 18.8 Å². The van der Waals surface area contributed by atoms with Gasteiger partial charge >= 0.3 is 0 Å². The molecule has 0 spiro atoms. The SMILES string of the molecule is Cc1nc(NCCO)cc(Nc2ncc(F)c3nn(-c4c(F)cccc4Cl)cc23)n1. The third-order valence-corrected chi connectivity index (χ3v) is 4.48. The monoisotopic (exact) mass is 431 g/mol. The average Bonchev–Trinajstić information content (AvgIpc) is 3.14. The van der Waals surface area contributed by atoms with Crippen LogP contribution in [-0.2, 0) is 0 Å². The quantitative estimate of drug-likeness (QED) is 0.429. The molecule has 4 rings (SSSR count). The van der Waals surface area contributed by atoms with E-state index in [-0.39, 0.29) is 28.7 Å². The molecule has 154 valence electrons. The molecule has 3 N–H and O–H groups in total. The van der Waals surface area contributed by atoms with Crippen LogP contribution in [0.1, 0.15) is 5.82 Å². The van der Waals surface area contributed by atoms with Crippen molar-refractivity contribution in [2.75, 3.05) is 23.8 Å². The number of para-hydroxylation sites is 1. The summed E-state index contributed by atoms with van der Waals surface area (Å²) >= 11 is 6.11. The highest BCUT2D eigenvalue weighted by atomic mass is 35.5. The van der Waals surface area contributed by atoms with Gasteiger partial charge in [0.25, 0.3) is 0 Å². The maximum absolute atomic E-state index is 14.4. The Balaban J connectivity index is 1.77. The number of aromatic nitrogens is 5.